The van der Waals surface area contributed by atoms with Gasteiger partial charge in [0.05, 0.1) is 11.7 Å². The van der Waals surface area contributed by atoms with Gasteiger partial charge in [-0.1, -0.05) is 84.4 Å². The van der Waals surface area contributed by atoms with E-state index in [0.717, 1.165) is 55.7 Å². The van der Waals surface area contributed by atoms with Crippen LogP contribution in [0.3, 0.4) is 0 Å². The minimum Gasteiger partial charge on any atom is -0.297 e. The van der Waals surface area contributed by atoms with E-state index in [-0.39, 0.29) is 12.0 Å². The Morgan fingerprint density at radius 3 is 2.44 bits per heavy atom. The highest BCUT2D eigenvalue weighted by molar-refractivity contribution is 6.31. The Labute approximate surface area is 218 Å². The molecule has 1 saturated heterocycles. The van der Waals surface area contributed by atoms with E-state index in [1.165, 1.54) is 16.7 Å². The van der Waals surface area contributed by atoms with Crippen LogP contribution in [0.1, 0.15) is 35.0 Å². The third kappa shape index (κ3) is 5.51. The van der Waals surface area contributed by atoms with E-state index < -0.39 is 0 Å². The molecule has 1 fully saturated rings. The zero-order chi connectivity index (χ0) is 24.9. The van der Waals surface area contributed by atoms with Crippen molar-refractivity contribution in [1.82, 2.24) is 30.0 Å². The molecule has 0 bridgehead atoms. The molecule has 2 aromatic carbocycles. The van der Waals surface area contributed by atoms with Crippen LogP contribution < -0.4 is 0 Å². The summed E-state index contributed by atoms with van der Waals surface area (Å²) < 4.78 is 1.96. The Balaban J connectivity index is 1.36. The van der Waals surface area contributed by atoms with E-state index in [9.17, 15) is 0 Å². The van der Waals surface area contributed by atoms with Gasteiger partial charge in [-0.25, -0.2) is 0 Å². The highest BCUT2D eigenvalue weighted by Crippen LogP contribution is 2.36. The Bertz CT molecular complexity index is 1230. The summed E-state index contributed by atoms with van der Waals surface area (Å²) in [5.74, 6) is 1.15. The zero-order valence-electron chi connectivity index (χ0n) is 21.0. The molecule has 0 N–H and O–H groups in total. The van der Waals surface area contributed by atoms with Crippen LogP contribution >= 0.6 is 11.6 Å². The molecule has 3 aromatic rings. The number of halogens is 1. The molecule has 6 nitrogen and oxygen atoms in total. The van der Waals surface area contributed by atoms with E-state index in [0.29, 0.717) is 0 Å². The van der Waals surface area contributed by atoms with Gasteiger partial charge in [-0.05, 0) is 53.5 Å². The lowest BCUT2D eigenvalue weighted by atomic mass is 9.90. The lowest BCUT2D eigenvalue weighted by Gasteiger charge is -2.41. The summed E-state index contributed by atoms with van der Waals surface area (Å²) >= 11 is 6.28. The van der Waals surface area contributed by atoms with Gasteiger partial charge in [0.2, 0.25) is 0 Å². The average molecular weight is 501 g/mol. The Morgan fingerprint density at radius 1 is 1.00 bits per heavy atom. The molecule has 5 rings (SSSR count). The largest absolute Gasteiger partial charge is 0.297 e. The quantitative estimate of drug-likeness (QED) is 0.437. The second-order valence-corrected chi connectivity index (χ2v) is 10.1. The third-order valence-electron chi connectivity index (χ3n) is 7.18. The molecule has 2 aliphatic rings. The Morgan fingerprint density at radius 2 is 1.75 bits per heavy atom. The number of tetrazole rings is 1. The minimum atomic E-state index is 0.0679. The first kappa shape index (κ1) is 24.6. The molecule has 1 aliphatic heterocycles. The molecule has 0 saturated carbocycles. The number of benzene rings is 2. The summed E-state index contributed by atoms with van der Waals surface area (Å²) in [4.78, 5) is 5.06. The van der Waals surface area contributed by atoms with Gasteiger partial charge in [0.1, 0.15) is 0 Å². The van der Waals surface area contributed by atoms with E-state index in [2.05, 4.69) is 112 Å². The molecular weight excluding hydrogens is 468 g/mol. The van der Waals surface area contributed by atoms with Crippen LogP contribution in [0.2, 0.25) is 0 Å². The van der Waals surface area contributed by atoms with Gasteiger partial charge in [0, 0.05) is 43.7 Å². The fourth-order valence-electron chi connectivity index (χ4n) is 5.27. The molecule has 0 spiro atoms. The molecule has 7 heteroatoms. The van der Waals surface area contributed by atoms with Crippen molar-refractivity contribution in [3.63, 3.8) is 0 Å². The molecule has 1 aromatic heterocycles. The second-order valence-electron chi connectivity index (χ2n) is 9.63. The zero-order valence-corrected chi connectivity index (χ0v) is 21.7. The van der Waals surface area contributed by atoms with Gasteiger partial charge in [-0.15, -0.1) is 5.10 Å². The molecule has 0 radical (unpaired) electrons. The number of piperazine rings is 1. The summed E-state index contributed by atoms with van der Waals surface area (Å²) in [6.45, 7) is 9.13. The number of aryl methyl sites for hydroxylation is 2. The minimum absolute atomic E-state index is 0.0679. The van der Waals surface area contributed by atoms with Crippen molar-refractivity contribution in [2.45, 2.75) is 26.3 Å². The van der Waals surface area contributed by atoms with Crippen molar-refractivity contribution >= 4 is 17.7 Å². The highest BCUT2D eigenvalue weighted by atomic mass is 35.5. The third-order valence-corrected chi connectivity index (χ3v) is 7.46. The summed E-state index contributed by atoms with van der Waals surface area (Å²) in [7, 11) is 0. The van der Waals surface area contributed by atoms with Crippen LogP contribution in [0.4, 0.5) is 0 Å². The fraction of sp³-hybridized carbons (Fsp3) is 0.345. The van der Waals surface area contributed by atoms with Crippen LogP contribution in [0.5, 0.6) is 0 Å². The lowest BCUT2D eigenvalue weighted by molar-refractivity contribution is 0.0785. The first-order valence-corrected chi connectivity index (χ1v) is 13.0. The van der Waals surface area contributed by atoms with Crippen LogP contribution in [0, 0.1) is 19.8 Å². The maximum atomic E-state index is 6.28. The smallest absolute Gasteiger partial charge is 0.174 e. The van der Waals surface area contributed by atoms with Gasteiger partial charge in [0.25, 0.3) is 0 Å². The average Bonchev–Trinajstić information content (AvgIpc) is 3.36. The van der Waals surface area contributed by atoms with Gasteiger partial charge in [0.15, 0.2) is 5.82 Å². The van der Waals surface area contributed by atoms with Crippen molar-refractivity contribution in [2.24, 2.45) is 5.92 Å². The number of rotatable bonds is 7. The van der Waals surface area contributed by atoms with Gasteiger partial charge in [-0.2, -0.15) is 4.68 Å². The highest BCUT2D eigenvalue weighted by Gasteiger charge is 2.35. The van der Waals surface area contributed by atoms with Gasteiger partial charge >= 0.3 is 0 Å². The van der Waals surface area contributed by atoms with Crippen LogP contribution in [-0.2, 0) is 0 Å². The van der Waals surface area contributed by atoms with Gasteiger partial charge < -0.3 is 0 Å². The molecule has 2 atom stereocenters. The van der Waals surface area contributed by atoms with Crippen molar-refractivity contribution in [2.75, 3.05) is 32.7 Å². The van der Waals surface area contributed by atoms with Crippen molar-refractivity contribution < 1.29 is 0 Å². The van der Waals surface area contributed by atoms with Crippen LogP contribution in [0.15, 0.2) is 77.9 Å². The predicted molar refractivity (Wildman–Crippen MR) is 146 cm³/mol. The van der Waals surface area contributed by atoms with E-state index in [1.807, 2.05) is 10.8 Å². The molecule has 0 amide bonds. The number of allylic oxidation sites excluding steroid dienone is 3. The molecule has 1 aliphatic carbocycles. The number of hydrogen-bond acceptors (Lipinski definition) is 5. The van der Waals surface area contributed by atoms with Crippen molar-refractivity contribution in [1.29, 1.82) is 0 Å². The SMILES string of the molecule is Cc1cccc(C)c1-n1nnnc1[C@H](C1C=CC(Cl)=CC1)N1CCN(C/C=C/c2ccccc2)CC1. The normalized spacial score (nSPS) is 20.1. The summed E-state index contributed by atoms with van der Waals surface area (Å²) in [6.07, 6.45) is 11.7. The first-order chi connectivity index (χ1) is 17.6. The maximum absolute atomic E-state index is 6.28. The van der Waals surface area contributed by atoms with Crippen LogP contribution in [-0.4, -0.2) is 62.7 Å². The number of aromatic nitrogens is 4. The van der Waals surface area contributed by atoms with E-state index >= 15 is 0 Å². The monoisotopic (exact) mass is 500 g/mol. The van der Waals surface area contributed by atoms with Crippen molar-refractivity contribution in [3.05, 3.63) is 100 Å². The Kier molecular flexibility index (Phi) is 7.75. The predicted octanol–water partition coefficient (Wildman–Crippen LogP) is 5.35. The fourth-order valence-corrected chi connectivity index (χ4v) is 5.44. The summed E-state index contributed by atoms with van der Waals surface area (Å²) in [6, 6.07) is 16.9. The molecule has 36 heavy (non-hydrogen) atoms. The van der Waals surface area contributed by atoms with Gasteiger partial charge in [-0.3, -0.25) is 9.80 Å². The molecule has 186 valence electrons. The number of hydrogen-bond donors (Lipinski definition) is 0. The van der Waals surface area contributed by atoms with Crippen molar-refractivity contribution in [3.8, 4) is 5.69 Å². The molecule has 1 unspecified atom stereocenters. The summed E-state index contributed by atoms with van der Waals surface area (Å²) in [5, 5.41) is 14.0. The summed E-state index contributed by atoms with van der Waals surface area (Å²) in [5.41, 5.74) is 4.64. The molecule has 2 heterocycles. The maximum Gasteiger partial charge on any atom is 0.174 e. The number of nitrogens with zero attached hydrogens (tertiary/aromatic N) is 6. The van der Waals surface area contributed by atoms with Crippen LogP contribution in [0.25, 0.3) is 11.8 Å². The lowest BCUT2D eigenvalue weighted by Crippen LogP contribution is -2.49. The van der Waals surface area contributed by atoms with E-state index in [1.54, 1.807) is 0 Å². The first-order valence-electron chi connectivity index (χ1n) is 12.7. The standard InChI is InChI=1S/C29H33ClN6/c1-22-8-6-9-23(2)27(22)36-29(31-32-33-36)28(25-13-15-26(30)16-14-25)35-20-18-34(19-21-35)17-7-12-24-10-4-3-5-11-24/h3-13,15-16,25,28H,14,17-21H2,1-2H3/b12-7+/t25?,28-/m0/s1. The molecular formula is C29H33ClN6. The Hall–Kier alpha value is -3.06. The second kappa shape index (κ2) is 11.3. The number of para-hydroxylation sites is 1. The topological polar surface area (TPSA) is 50.1 Å². The van der Waals surface area contributed by atoms with E-state index in [4.69, 9.17) is 11.6 Å².